The predicted molar refractivity (Wildman–Crippen MR) is 57.5 cm³/mol. The lowest BCUT2D eigenvalue weighted by Crippen LogP contribution is -2.27. The molecule has 0 radical (unpaired) electrons. The summed E-state index contributed by atoms with van der Waals surface area (Å²) in [5.74, 6) is 3.65. The molecule has 0 heterocycles. The molecule has 1 heteroatoms. The minimum atomic E-state index is 0.780. The first kappa shape index (κ1) is 10.6. The topological polar surface area (TPSA) is 12.0 Å². The average Bonchev–Trinajstić information content (AvgIpc) is 2.60. The van der Waals surface area contributed by atoms with Crippen LogP contribution in [0.5, 0.6) is 0 Å². The zero-order chi connectivity index (χ0) is 9.52. The molecule has 13 heavy (non-hydrogen) atoms. The Morgan fingerprint density at radius 3 is 2.92 bits per heavy atom. The van der Waals surface area contributed by atoms with E-state index in [4.69, 9.17) is 6.42 Å². The summed E-state index contributed by atoms with van der Waals surface area (Å²) in [6, 6.07) is 0.780. The van der Waals surface area contributed by atoms with Gasteiger partial charge < -0.3 is 5.32 Å². The van der Waals surface area contributed by atoms with Gasteiger partial charge in [0.1, 0.15) is 0 Å². The molecule has 0 saturated heterocycles. The molecule has 1 rings (SSSR count). The number of terminal acetylenes is 1. The first-order chi connectivity index (χ1) is 6.36. The zero-order valence-corrected chi connectivity index (χ0v) is 8.68. The van der Waals surface area contributed by atoms with Crippen LogP contribution in [0.4, 0.5) is 0 Å². The van der Waals surface area contributed by atoms with Gasteiger partial charge in [-0.3, -0.25) is 0 Å². The first-order valence-corrected chi connectivity index (χ1v) is 5.53. The number of unbranched alkanes of at least 4 members (excludes halogenated alkanes) is 1. The summed E-state index contributed by atoms with van der Waals surface area (Å²) in [6.07, 6.45) is 12.8. The molecule has 0 aromatic rings. The van der Waals surface area contributed by atoms with Crippen LogP contribution < -0.4 is 5.32 Å². The standard InChI is InChI=1S/C12H21N/c1-3-5-6-9-13-12-8-7-11(4-2)10-12/h1,11-13H,4-10H2,2H3. The van der Waals surface area contributed by atoms with Crippen molar-refractivity contribution in [3.8, 4) is 12.3 Å². The molecular weight excluding hydrogens is 158 g/mol. The second kappa shape index (κ2) is 6.05. The Morgan fingerprint density at radius 1 is 1.46 bits per heavy atom. The fourth-order valence-corrected chi connectivity index (χ4v) is 2.13. The second-order valence-electron chi connectivity index (χ2n) is 4.05. The van der Waals surface area contributed by atoms with Gasteiger partial charge in [-0.2, -0.15) is 0 Å². The van der Waals surface area contributed by atoms with E-state index in [1.807, 2.05) is 0 Å². The fraction of sp³-hybridized carbons (Fsp3) is 0.833. The molecule has 1 aliphatic rings. The van der Waals surface area contributed by atoms with Crippen molar-refractivity contribution in [1.29, 1.82) is 0 Å². The van der Waals surface area contributed by atoms with Gasteiger partial charge >= 0.3 is 0 Å². The molecule has 0 aromatic heterocycles. The van der Waals surface area contributed by atoms with Gasteiger partial charge in [0.15, 0.2) is 0 Å². The van der Waals surface area contributed by atoms with Crippen LogP contribution in [-0.2, 0) is 0 Å². The van der Waals surface area contributed by atoms with E-state index in [9.17, 15) is 0 Å². The Bertz CT molecular complexity index is 168. The van der Waals surface area contributed by atoms with Crippen LogP contribution in [0.3, 0.4) is 0 Å². The number of hydrogen-bond donors (Lipinski definition) is 1. The van der Waals surface area contributed by atoms with Crippen LogP contribution in [0.2, 0.25) is 0 Å². The van der Waals surface area contributed by atoms with E-state index in [2.05, 4.69) is 18.2 Å². The van der Waals surface area contributed by atoms with Crippen LogP contribution in [0.15, 0.2) is 0 Å². The zero-order valence-electron chi connectivity index (χ0n) is 8.68. The maximum atomic E-state index is 5.19. The van der Waals surface area contributed by atoms with Crippen molar-refractivity contribution < 1.29 is 0 Å². The maximum absolute atomic E-state index is 5.19. The largest absolute Gasteiger partial charge is 0.314 e. The third-order valence-electron chi connectivity index (χ3n) is 3.05. The van der Waals surface area contributed by atoms with E-state index >= 15 is 0 Å². The highest BCUT2D eigenvalue weighted by molar-refractivity contribution is 4.84. The van der Waals surface area contributed by atoms with E-state index < -0.39 is 0 Å². The minimum absolute atomic E-state index is 0.780. The summed E-state index contributed by atoms with van der Waals surface area (Å²) in [5, 5.41) is 3.59. The van der Waals surface area contributed by atoms with Gasteiger partial charge in [-0.1, -0.05) is 13.3 Å². The minimum Gasteiger partial charge on any atom is -0.314 e. The Kier molecular flexibility index (Phi) is 4.93. The lowest BCUT2D eigenvalue weighted by Gasteiger charge is -2.11. The smallest absolute Gasteiger partial charge is 0.00981 e. The third kappa shape index (κ3) is 3.83. The highest BCUT2D eigenvalue weighted by Crippen LogP contribution is 2.27. The molecule has 1 N–H and O–H groups in total. The summed E-state index contributed by atoms with van der Waals surface area (Å²) in [4.78, 5) is 0. The van der Waals surface area contributed by atoms with E-state index in [1.54, 1.807) is 0 Å². The predicted octanol–water partition coefficient (Wildman–Crippen LogP) is 2.57. The monoisotopic (exact) mass is 179 g/mol. The van der Waals surface area contributed by atoms with Crippen LogP contribution in [0.25, 0.3) is 0 Å². The highest BCUT2D eigenvalue weighted by Gasteiger charge is 2.22. The molecule has 1 fully saturated rings. The van der Waals surface area contributed by atoms with Gasteiger partial charge in [0, 0.05) is 12.5 Å². The van der Waals surface area contributed by atoms with Crippen molar-refractivity contribution in [3.63, 3.8) is 0 Å². The van der Waals surface area contributed by atoms with Crippen molar-refractivity contribution in [3.05, 3.63) is 0 Å². The summed E-state index contributed by atoms with van der Waals surface area (Å²) in [6.45, 7) is 3.40. The maximum Gasteiger partial charge on any atom is 0.00981 e. The van der Waals surface area contributed by atoms with Gasteiger partial charge in [-0.25, -0.2) is 0 Å². The summed E-state index contributed by atoms with van der Waals surface area (Å²) in [7, 11) is 0. The Balaban J connectivity index is 2.01. The van der Waals surface area contributed by atoms with Crippen molar-refractivity contribution in [2.45, 2.75) is 51.5 Å². The Morgan fingerprint density at radius 2 is 2.31 bits per heavy atom. The molecule has 2 unspecified atom stereocenters. The summed E-state index contributed by atoms with van der Waals surface area (Å²) in [5.41, 5.74) is 0. The first-order valence-electron chi connectivity index (χ1n) is 5.53. The van der Waals surface area contributed by atoms with Crippen LogP contribution in [0, 0.1) is 18.3 Å². The van der Waals surface area contributed by atoms with Gasteiger partial charge in [0.05, 0.1) is 0 Å². The van der Waals surface area contributed by atoms with Crippen molar-refractivity contribution in [2.75, 3.05) is 6.54 Å². The van der Waals surface area contributed by atoms with Gasteiger partial charge in [-0.05, 0) is 38.1 Å². The van der Waals surface area contributed by atoms with E-state index in [-0.39, 0.29) is 0 Å². The molecule has 0 amide bonds. The van der Waals surface area contributed by atoms with Gasteiger partial charge in [0.2, 0.25) is 0 Å². The summed E-state index contributed by atoms with van der Waals surface area (Å²) >= 11 is 0. The lowest BCUT2D eigenvalue weighted by atomic mass is 10.1. The van der Waals surface area contributed by atoms with Crippen LogP contribution in [-0.4, -0.2) is 12.6 Å². The third-order valence-corrected chi connectivity index (χ3v) is 3.05. The van der Waals surface area contributed by atoms with E-state index in [0.29, 0.717) is 0 Å². The van der Waals surface area contributed by atoms with Crippen LogP contribution >= 0.6 is 0 Å². The molecule has 0 spiro atoms. The Labute approximate surface area is 82.3 Å². The number of hydrogen-bond acceptors (Lipinski definition) is 1. The number of nitrogens with one attached hydrogen (secondary N) is 1. The molecule has 0 aromatic carbocycles. The van der Waals surface area contributed by atoms with Gasteiger partial charge in [0.25, 0.3) is 0 Å². The number of rotatable bonds is 5. The lowest BCUT2D eigenvalue weighted by molar-refractivity contribution is 0.475. The Hall–Kier alpha value is -0.480. The van der Waals surface area contributed by atoms with Gasteiger partial charge in [-0.15, -0.1) is 12.3 Å². The van der Waals surface area contributed by atoms with Crippen molar-refractivity contribution in [2.24, 2.45) is 5.92 Å². The normalized spacial score (nSPS) is 27.4. The second-order valence-corrected chi connectivity index (χ2v) is 4.05. The van der Waals surface area contributed by atoms with Crippen molar-refractivity contribution in [1.82, 2.24) is 5.32 Å². The molecule has 2 atom stereocenters. The quantitative estimate of drug-likeness (QED) is 0.505. The highest BCUT2D eigenvalue weighted by atomic mass is 14.9. The molecule has 74 valence electrons. The molecule has 1 aliphatic carbocycles. The average molecular weight is 179 g/mol. The molecule has 0 bridgehead atoms. The SMILES string of the molecule is C#CCCCNC1CCC(CC)C1. The molecule has 0 aliphatic heterocycles. The molecular formula is C12H21N. The van der Waals surface area contributed by atoms with Crippen LogP contribution in [0.1, 0.15) is 45.4 Å². The molecule has 1 saturated carbocycles. The fourth-order valence-electron chi connectivity index (χ4n) is 2.13. The molecule has 1 nitrogen and oxygen atoms in total. The van der Waals surface area contributed by atoms with E-state index in [1.165, 1.54) is 25.7 Å². The summed E-state index contributed by atoms with van der Waals surface area (Å²) < 4.78 is 0. The van der Waals surface area contributed by atoms with Crippen molar-refractivity contribution >= 4 is 0 Å². The van der Waals surface area contributed by atoms with E-state index in [0.717, 1.165) is 31.3 Å².